The number of hydrogen-bond donors (Lipinski definition) is 3. The van der Waals surface area contributed by atoms with Crippen molar-refractivity contribution in [3.8, 4) is 5.75 Å². The van der Waals surface area contributed by atoms with Crippen LogP contribution in [0.4, 0.5) is 5.69 Å². The van der Waals surface area contributed by atoms with Gasteiger partial charge in [-0.05, 0) is 31.2 Å². The molecule has 0 fully saturated rings. The van der Waals surface area contributed by atoms with E-state index in [4.69, 9.17) is 10.5 Å². The van der Waals surface area contributed by atoms with Gasteiger partial charge in [-0.1, -0.05) is 29.8 Å². The quantitative estimate of drug-likeness (QED) is 0.609. The fourth-order valence-corrected chi connectivity index (χ4v) is 2.22. The fourth-order valence-electron chi connectivity index (χ4n) is 2.22. The van der Waals surface area contributed by atoms with Gasteiger partial charge >= 0.3 is 0 Å². The van der Waals surface area contributed by atoms with Crippen molar-refractivity contribution >= 4 is 17.5 Å². The Morgan fingerprint density at radius 3 is 2.48 bits per heavy atom. The van der Waals surface area contributed by atoms with Gasteiger partial charge in [-0.3, -0.25) is 9.59 Å². The highest BCUT2D eigenvalue weighted by Gasteiger charge is 2.10. The molecule has 2 rings (SSSR count). The van der Waals surface area contributed by atoms with E-state index in [2.05, 4.69) is 10.6 Å². The van der Waals surface area contributed by atoms with Crippen LogP contribution in [0.1, 0.15) is 22.3 Å². The Bertz CT molecular complexity index is 714. The number of primary amides is 1. The molecule has 0 aliphatic rings. The molecule has 0 bridgehead atoms. The molecule has 0 radical (unpaired) electrons. The second-order valence-corrected chi connectivity index (χ2v) is 5.61. The lowest BCUT2D eigenvalue weighted by Gasteiger charge is -2.13. The van der Waals surface area contributed by atoms with Gasteiger partial charge in [-0.2, -0.15) is 0 Å². The summed E-state index contributed by atoms with van der Waals surface area (Å²) in [5.41, 5.74) is 7.48. The molecule has 0 atom stereocenters. The minimum absolute atomic E-state index is 0.117. The molecule has 6 heteroatoms. The zero-order valence-corrected chi connectivity index (χ0v) is 14.2. The number of carbonyl (C=O) groups is 2. The van der Waals surface area contributed by atoms with E-state index in [0.717, 1.165) is 5.75 Å². The van der Waals surface area contributed by atoms with Crippen molar-refractivity contribution in [2.24, 2.45) is 5.73 Å². The molecule has 0 aliphatic heterocycles. The van der Waals surface area contributed by atoms with Gasteiger partial charge in [0.05, 0.1) is 5.56 Å². The number of aryl methyl sites for hydroxylation is 1. The number of anilines is 1. The van der Waals surface area contributed by atoms with E-state index < -0.39 is 5.91 Å². The van der Waals surface area contributed by atoms with Crippen molar-refractivity contribution in [2.75, 3.05) is 25.0 Å². The molecular weight excluding hydrogens is 318 g/mol. The van der Waals surface area contributed by atoms with Crippen molar-refractivity contribution in [3.63, 3.8) is 0 Å². The molecule has 4 N–H and O–H groups in total. The van der Waals surface area contributed by atoms with Crippen LogP contribution in [0.2, 0.25) is 0 Å². The lowest BCUT2D eigenvalue weighted by molar-refractivity contribution is -0.117. The zero-order chi connectivity index (χ0) is 18.1. The van der Waals surface area contributed by atoms with Crippen LogP contribution in [0.15, 0.2) is 48.5 Å². The largest absolute Gasteiger partial charge is 0.492 e. The normalized spacial score (nSPS) is 10.1. The maximum absolute atomic E-state index is 12.2. The second-order valence-electron chi connectivity index (χ2n) is 5.61. The smallest absolute Gasteiger partial charge is 0.253 e. The average Bonchev–Trinajstić information content (AvgIpc) is 2.60. The minimum atomic E-state index is -0.444. The highest BCUT2D eigenvalue weighted by atomic mass is 16.5. The van der Waals surface area contributed by atoms with Gasteiger partial charge in [0.25, 0.3) is 5.91 Å². The van der Waals surface area contributed by atoms with Gasteiger partial charge in [0, 0.05) is 25.2 Å². The number of nitrogens with two attached hydrogens (primary N) is 1. The molecule has 2 aromatic rings. The zero-order valence-electron chi connectivity index (χ0n) is 14.2. The van der Waals surface area contributed by atoms with Gasteiger partial charge in [0.2, 0.25) is 5.91 Å². The second kappa shape index (κ2) is 9.32. The first kappa shape index (κ1) is 18.3. The summed E-state index contributed by atoms with van der Waals surface area (Å²) in [5.74, 6) is 0.119. The highest BCUT2D eigenvalue weighted by molar-refractivity contribution is 5.99. The van der Waals surface area contributed by atoms with Crippen LogP contribution in [0.3, 0.4) is 0 Å². The van der Waals surface area contributed by atoms with E-state index in [1.165, 1.54) is 5.56 Å². The first-order chi connectivity index (χ1) is 12.1. The first-order valence-corrected chi connectivity index (χ1v) is 8.15. The summed E-state index contributed by atoms with van der Waals surface area (Å²) in [5, 5.41) is 5.88. The predicted octanol–water partition coefficient (Wildman–Crippen LogP) is 2.09. The van der Waals surface area contributed by atoms with Gasteiger partial charge in [0.15, 0.2) is 0 Å². The Balaban J connectivity index is 1.84. The average molecular weight is 341 g/mol. The number of amides is 2. The molecule has 132 valence electrons. The molecule has 0 heterocycles. The van der Waals surface area contributed by atoms with E-state index in [1.807, 2.05) is 43.3 Å². The summed E-state index contributed by atoms with van der Waals surface area (Å²) in [4.78, 5) is 22.9. The van der Waals surface area contributed by atoms with E-state index >= 15 is 0 Å². The van der Waals surface area contributed by atoms with Crippen LogP contribution in [-0.2, 0) is 4.79 Å². The molecule has 0 saturated heterocycles. The summed E-state index contributed by atoms with van der Waals surface area (Å²) in [7, 11) is 0. The monoisotopic (exact) mass is 341 g/mol. The van der Waals surface area contributed by atoms with E-state index in [0.29, 0.717) is 24.4 Å². The molecule has 0 aromatic heterocycles. The summed E-state index contributed by atoms with van der Waals surface area (Å²) >= 11 is 0. The third kappa shape index (κ3) is 6.18. The Hall–Kier alpha value is -3.02. The fraction of sp³-hybridized carbons (Fsp3) is 0.263. The standard InChI is InChI=1S/C19H23N3O3/c1-14-6-8-15(9-7-14)25-13-12-21-17-5-3-2-4-16(17)19(24)22-11-10-18(20)23/h2-9,21H,10-13H2,1H3,(H2,20,23)(H,22,24). The Labute approximate surface area is 147 Å². The van der Waals surface area contributed by atoms with Crippen molar-refractivity contribution in [3.05, 3.63) is 59.7 Å². The van der Waals surface area contributed by atoms with Crippen LogP contribution >= 0.6 is 0 Å². The summed E-state index contributed by atoms with van der Waals surface area (Å²) in [6.07, 6.45) is 0.117. The maximum Gasteiger partial charge on any atom is 0.253 e. The third-order valence-electron chi connectivity index (χ3n) is 3.54. The number of nitrogens with one attached hydrogen (secondary N) is 2. The van der Waals surface area contributed by atoms with Crippen molar-refractivity contribution in [1.29, 1.82) is 0 Å². The van der Waals surface area contributed by atoms with Crippen LogP contribution in [0.5, 0.6) is 5.75 Å². The molecule has 0 spiro atoms. The number of para-hydroxylation sites is 1. The van der Waals surface area contributed by atoms with E-state index in [-0.39, 0.29) is 18.9 Å². The van der Waals surface area contributed by atoms with Crippen LogP contribution in [-0.4, -0.2) is 31.5 Å². The van der Waals surface area contributed by atoms with Crippen molar-refractivity contribution in [2.45, 2.75) is 13.3 Å². The van der Waals surface area contributed by atoms with Gasteiger partial charge in [-0.15, -0.1) is 0 Å². The molecular formula is C19H23N3O3. The van der Waals surface area contributed by atoms with Crippen molar-refractivity contribution in [1.82, 2.24) is 5.32 Å². The SMILES string of the molecule is Cc1ccc(OCCNc2ccccc2C(=O)NCCC(N)=O)cc1. The number of ether oxygens (including phenoxy) is 1. The van der Waals surface area contributed by atoms with E-state index in [9.17, 15) is 9.59 Å². The number of hydrogen-bond acceptors (Lipinski definition) is 4. The topological polar surface area (TPSA) is 93.4 Å². The lowest BCUT2D eigenvalue weighted by Crippen LogP contribution is -2.28. The molecule has 0 saturated carbocycles. The van der Waals surface area contributed by atoms with Gasteiger partial charge in [0.1, 0.15) is 12.4 Å². The number of rotatable bonds is 9. The molecule has 2 aromatic carbocycles. The molecule has 0 unspecified atom stereocenters. The first-order valence-electron chi connectivity index (χ1n) is 8.15. The van der Waals surface area contributed by atoms with Crippen LogP contribution in [0.25, 0.3) is 0 Å². The summed E-state index contributed by atoms with van der Waals surface area (Å²) < 4.78 is 5.66. The summed E-state index contributed by atoms with van der Waals surface area (Å²) in [6.45, 7) is 3.27. The van der Waals surface area contributed by atoms with Gasteiger partial charge < -0.3 is 21.1 Å². The van der Waals surface area contributed by atoms with Crippen LogP contribution in [0, 0.1) is 6.92 Å². The number of benzene rings is 2. The Morgan fingerprint density at radius 1 is 1.04 bits per heavy atom. The number of carbonyl (C=O) groups excluding carboxylic acids is 2. The van der Waals surface area contributed by atoms with E-state index in [1.54, 1.807) is 12.1 Å². The molecule has 6 nitrogen and oxygen atoms in total. The highest BCUT2D eigenvalue weighted by Crippen LogP contribution is 2.15. The van der Waals surface area contributed by atoms with Crippen LogP contribution < -0.4 is 21.1 Å². The maximum atomic E-state index is 12.2. The predicted molar refractivity (Wildman–Crippen MR) is 97.8 cm³/mol. The minimum Gasteiger partial charge on any atom is -0.492 e. The molecule has 2 amide bonds. The molecule has 0 aliphatic carbocycles. The Kier molecular flexibility index (Phi) is 6.83. The third-order valence-corrected chi connectivity index (χ3v) is 3.54. The van der Waals surface area contributed by atoms with Gasteiger partial charge in [-0.25, -0.2) is 0 Å². The lowest BCUT2D eigenvalue weighted by atomic mass is 10.1. The molecule has 25 heavy (non-hydrogen) atoms. The summed E-state index contributed by atoms with van der Waals surface area (Å²) in [6, 6.07) is 15.0. The van der Waals surface area contributed by atoms with Crippen molar-refractivity contribution < 1.29 is 14.3 Å². The Morgan fingerprint density at radius 2 is 1.76 bits per heavy atom.